The molecule has 0 bridgehead atoms. The summed E-state index contributed by atoms with van der Waals surface area (Å²) in [6.07, 6.45) is 0. The van der Waals surface area contributed by atoms with Gasteiger partial charge in [-0.25, -0.2) is 0 Å². The van der Waals surface area contributed by atoms with E-state index >= 15 is 0 Å². The quantitative estimate of drug-likeness (QED) is 0.564. The van der Waals surface area contributed by atoms with Crippen LogP contribution in [0.1, 0.15) is 17.7 Å². The average molecular weight is 395 g/mol. The van der Waals surface area contributed by atoms with Gasteiger partial charge in [0.25, 0.3) is 5.69 Å². The van der Waals surface area contributed by atoms with Crippen LogP contribution in [0, 0.1) is 10.1 Å². The van der Waals surface area contributed by atoms with Crippen LogP contribution in [0.5, 0.6) is 0 Å². The molecule has 5 nitrogen and oxygen atoms in total. The second-order valence-electron chi connectivity index (χ2n) is 4.86. The maximum Gasteiger partial charge on any atom is 0.269 e. The highest BCUT2D eigenvalue weighted by Gasteiger charge is 2.13. The number of nitrogens with one attached hydrogen (secondary N) is 1. The molecule has 0 aliphatic rings. The number of carbonyl (C=O) groups excluding carboxylic acids is 1. The van der Waals surface area contributed by atoms with Crippen molar-refractivity contribution >= 4 is 45.0 Å². The topological polar surface area (TPSA) is 72.2 Å². The van der Waals surface area contributed by atoms with E-state index in [-0.39, 0.29) is 22.6 Å². The fourth-order valence-electron chi connectivity index (χ4n) is 1.92. The summed E-state index contributed by atoms with van der Waals surface area (Å²) in [5, 5.41) is 13.6. The molecule has 2 rings (SSSR count). The number of hydrogen-bond donors (Lipinski definition) is 1. The van der Waals surface area contributed by atoms with Gasteiger partial charge in [-0.1, -0.05) is 28.1 Å². The summed E-state index contributed by atoms with van der Waals surface area (Å²) in [7, 11) is 0. The van der Waals surface area contributed by atoms with Crippen LogP contribution in [-0.2, 0) is 4.79 Å². The highest BCUT2D eigenvalue weighted by Crippen LogP contribution is 2.30. The van der Waals surface area contributed by atoms with Crippen molar-refractivity contribution in [3.63, 3.8) is 0 Å². The Morgan fingerprint density at radius 1 is 1.30 bits per heavy atom. The summed E-state index contributed by atoms with van der Waals surface area (Å²) in [6, 6.07) is 13.8. The smallest absolute Gasteiger partial charge is 0.269 e. The van der Waals surface area contributed by atoms with E-state index in [1.807, 2.05) is 37.3 Å². The number of halogens is 1. The molecule has 2 aromatic carbocycles. The molecule has 0 spiro atoms. The zero-order valence-corrected chi connectivity index (χ0v) is 14.8. The van der Waals surface area contributed by atoms with Crippen molar-refractivity contribution in [1.29, 1.82) is 0 Å². The van der Waals surface area contributed by atoms with Gasteiger partial charge in [0.15, 0.2) is 0 Å². The molecule has 0 radical (unpaired) electrons. The van der Waals surface area contributed by atoms with Crippen LogP contribution in [0.15, 0.2) is 53.0 Å². The van der Waals surface area contributed by atoms with Gasteiger partial charge in [-0.3, -0.25) is 14.9 Å². The summed E-state index contributed by atoms with van der Waals surface area (Å²) in [4.78, 5) is 22.3. The van der Waals surface area contributed by atoms with E-state index < -0.39 is 4.92 Å². The monoisotopic (exact) mass is 394 g/mol. The molecule has 120 valence electrons. The zero-order valence-electron chi connectivity index (χ0n) is 12.4. The van der Waals surface area contributed by atoms with Crippen molar-refractivity contribution in [2.75, 3.05) is 11.1 Å². The van der Waals surface area contributed by atoms with Crippen molar-refractivity contribution in [3.05, 3.63) is 68.7 Å². The van der Waals surface area contributed by atoms with Gasteiger partial charge >= 0.3 is 0 Å². The zero-order chi connectivity index (χ0) is 16.8. The van der Waals surface area contributed by atoms with Crippen LogP contribution in [-0.4, -0.2) is 16.6 Å². The predicted octanol–water partition coefficient (Wildman–Crippen LogP) is 4.79. The molecule has 23 heavy (non-hydrogen) atoms. The lowest BCUT2D eigenvalue weighted by Crippen LogP contribution is -2.14. The molecule has 0 aliphatic heterocycles. The molecule has 0 unspecified atom stereocenters. The largest absolute Gasteiger partial charge is 0.325 e. The maximum absolute atomic E-state index is 12.0. The molecule has 0 heterocycles. The van der Waals surface area contributed by atoms with Gasteiger partial charge in [0.05, 0.1) is 10.7 Å². The molecule has 0 aromatic heterocycles. The minimum absolute atomic E-state index is 0.00873. The second-order valence-corrected chi connectivity index (χ2v) is 7.11. The molecule has 0 saturated carbocycles. The fourth-order valence-corrected chi connectivity index (χ4v) is 3.00. The molecular weight excluding hydrogens is 380 g/mol. The van der Waals surface area contributed by atoms with E-state index in [1.54, 1.807) is 12.1 Å². The number of thioether (sulfide) groups is 1. The Balaban J connectivity index is 1.89. The lowest BCUT2D eigenvalue weighted by molar-refractivity contribution is -0.384. The molecule has 1 amide bonds. The van der Waals surface area contributed by atoms with Crippen molar-refractivity contribution in [2.24, 2.45) is 0 Å². The minimum atomic E-state index is -0.416. The normalized spacial score (nSPS) is 11.7. The third-order valence-corrected chi connectivity index (χ3v) is 4.87. The Labute approximate surface area is 146 Å². The number of carbonyl (C=O) groups is 1. The van der Waals surface area contributed by atoms with Crippen LogP contribution < -0.4 is 5.32 Å². The number of nitrogens with zero attached hydrogens (tertiary/aromatic N) is 1. The highest BCUT2D eigenvalue weighted by atomic mass is 79.9. The van der Waals surface area contributed by atoms with Gasteiger partial charge in [-0.15, -0.1) is 11.8 Å². The van der Waals surface area contributed by atoms with Crippen LogP contribution >= 0.6 is 27.7 Å². The van der Waals surface area contributed by atoms with Crippen molar-refractivity contribution in [1.82, 2.24) is 0 Å². The SMILES string of the molecule is C[C@@H](SCC(=O)Nc1ccc(Br)cc1)c1cccc([N+](=O)[O-])c1. The Kier molecular flexibility index (Phi) is 6.18. The Morgan fingerprint density at radius 2 is 2.00 bits per heavy atom. The van der Waals surface area contributed by atoms with Gasteiger partial charge < -0.3 is 5.32 Å². The number of rotatable bonds is 6. The standard InChI is InChI=1S/C16H15BrN2O3S/c1-11(12-3-2-4-15(9-12)19(21)22)23-10-16(20)18-14-7-5-13(17)6-8-14/h2-9,11H,10H2,1H3,(H,18,20)/t11-/m1/s1. The number of nitro groups is 1. The Hall–Kier alpha value is -1.86. The van der Waals surface area contributed by atoms with Gasteiger partial charge in [0.2, 0.25) is 5.91 Å². The fraction of sp³-hybridized carbons (Fsp3) is 0.188. The molecule has 1 atom stereocenters. The summed E-state index contributed by atoms with van der Waals surface area (Å²) >= 11 is 4.78. The number of non-ortho nitro benzene ring substituents is 1. The Bertz CT molecular complexity index is 707. The average Bonchev–Trinajstić information content (AvgIpc) is 2.55. The van der Waals surface area contributed by atoms with Gasteiger partial charge in [0.1, 0.15) is 0 Å². The van der Waals surface area contributed by atoms with E-state index in [1.165, 1.54) is 17.8 Å². The van der Waals surface area contributed by atoms with Gasteiger partial charge in [-0.2, -0.15) is 0 Å². The van der Waals surface area contributed by atoms with Crippen LogP contribution in [0.3, 0.4) is 0 Å². The van der Waals surface area contributed by atoms with Crippen molar-refractivity contribution in [3.8, 4) is 0 Å². The molecule has 0 fully saturated rings. The molecule has 0 saturated heterocycles. The summed E-state index contributed by atoms with van der Waals surface area (Å²) in [5.41, 5.74) is 1.64. The predicted molar refractivity (Wildman–Crippen MR) is 96.7 cm³/mol. The number of anilines is 1. The highest BCUT2D eigenvalue weighted by molar-refractivity contribution is 9.10. The number of amides is 1. The van der Waals surface area contributed by atoms with Crippen LogP contribution in [0.4, 0.5) is 11.4 Å². The molecule has 7 heteroatoms. The van der Waals surface area contributed by atoms with Gasteiger partial charge in [0, 0.05) is 27.5 Å². The first-order valence-corrected chi connectivity index (χ1v) is 8.71. The molecule has 2 aromatic rings. The Morgan fingerprint density at radius 3 is 2.65 bits per heavy atom. The minimum Gasteiger partial charge on any atom is -0.325 e. The van der Waals surface area contributed by atoms with Crippen molar-refractivity contribution < 1.29 is 9.72 Å². The molecule has 0 aliphatic carbocycles. The van der Waals surface area contributed by atoms with E-state index in [9.17, 15) is 14.9 Å². The number of benzene rings is 2. The van der Waals surface area contributed by atoms with E-state index in [4.69, 9.17) is 0 Å². The molecule has 1 N–H and O–H groups in total. The van der Waals surface area contributed by atoms with E-state index in [0.717, 1.165) is 15.7 Å². The van der Waals surface area contributed by atoms with Crippen molar-refractivity contribution in [2.45, 2.75) is 12.2 Å². The van der Waals surface area contributed by atoms with Crippen LogP contribution in [0.2, 0.25) is 0 Å². The molecular formula is C16H15BrN2O3S. The lowest BCUT2D eigenvalue weighted by atomic mass is 10.1. The number of hydrogen-bond acceptors (Lipinski definition) is 4. The summed E-state index contributed by atoms with van der Waals surface area (Å²) in [5.74, 6) is 0.175. The van der Waals surface area contributed by atoms with E-state index in [0.29, 0.717) is 0 Å². The first-order chi connectivity index (χ1) is 11.0. The maximum atomic E-state index is 12.0. The number of nitro benzene ring substituents is 1. The summed E-state index contributed by atoms with van der Waals surface area (Å²) < 4.78 is 0.948. The first-order valence-electron chi connectivity index (χ1n) is 6.87. The van der Waals surface area contributed by atoms with Crippen LogP contribution in [0.25, 0.3) is 0 Å². The lowest BCUT2D eigenvalue weighted by Gasteiger charge is -2.11. The summed E-state index contributed by atoms with van der Waals surface area (Å²) in [6.45, 7) is 1.93. The first kappa shape index (κ1) is 17.5. The third kappa shape index (κ3) is 5.37. The van der Waals surface area contributed by atoms with E-state index in [2.05, 4.69) is 21.2 Å². The second kappa shape index (κ2) is 8.12. The van der Waals surface area contributed by atoms with Gasteiger partial charge in [-0.05, 0) is 36.8 Å². The third-order valence-electron chi connectivity index (χ3n) is 3.14.